The molecule has 6 heteroatoms. The van der Waals surface area contributed by atoms with E-state index in [1.165, 1.54) is 21.0 Å². The summed E-state index contributed by atoms with van der Waals surface area (Å²) in [6, 6.07) is 52.0. The van der Waals surface area contributed by atoms with Crippen molar-refractivity contribution in [3.8, 4) is 16.3 Å². The zero-order valence-electron chi connectivity index (χ0n) is 24.9. The van der Waals surface area contributed by atoms with E-state index < -0.39 is 0 Å². The Hall–Kier alpha value is -5.85. The second-order valence-electron chi connectivity index (χ2n) is 11.1. The zero-order valence-corrected chi connectivity index (χ0v) is 25.7. The summed E-state index contributed by atoms with van der Waals surface area (Å²) in [5.41, 5.74) is 14.9. The molecule has 0 aliphatic rings. The van der Waals surface area contributed by atoms with E-state index in [4.69, 9.17) is 20.7 Å². The molecule has 5 nitrogen and oxygen atoms in total. The van der Waals surface area contributed by atoms with E-state index in [1.54, 1.807) is 11.3 Å². The summed E-state index contributed by atoms with van der Waals surface area (Å²) >= 11 is 1.73. The fourth-order valence-electron chi connectivity index (χ4n) is 5.86. The predicted molar refractivity (Wildman–Crippen MR) is 193 cm³/mol. The van der Waals surface area contributed by atoms with E-state index in [2.05, 4.69) is 89.5 Å². The van der Waals surface area contributed by atoms with Crippen molar-refractivity contribution in [1.82, 2.24) is 9.55 Å². The second kappa shape index (κ2) is 11.9. The summed E-state index contributed by atoms with van der Waals surface area (Å²) in [5, 5.41) is 3.47. The van der Waals surface area contributed by atoms with Gasteiger partial charge in [0, 0.05) is 33.2 Å². The number of benzene rings is 6. The third kappa shape index (κ3) is 5.25. The fraction of sp³-hybridized carbons (Fsp3) is 0.0250. The minimum absolute atomic E-state index is 0.441. The second-order valence-corrected chi connectivity index (χ2v) is 12.1. The van der Waals surface area contributed by atoms with Crippen LogP contribution >= 0.6 is 11.3 Å². The number of aromatic nitrogens is 2. The Morgan fingerprint density at radius 3 is 2.11 bits per heavy atom. The number of rotatable bonds is 6. The number of para-hydroxylation sites is 2. The van der Waals surface area contributed by atoms with Crippen LogP contribution in [0.25, 0.3) is 48.3 Å². The zero-order chi connectivity index (χ0) is 30.9. The van der Waals surface area contributed by atoms with Crippen LogP contribution in [-0.4, -0.2) is 21.2 Å². The molecule has 6 aromatic carbocycles. The Kier molecular flexibility index (Phi) is 7.17. The first-order valence-electron chi connectivity index (χ1n) is 15.2. The van der Waals surface area contributed by atoms with E-state index in [-0.39, 0.29) is 0 Å². The minimum atomic E-state index is 0.441. The lowest BCUT2D eigenvalue weighted by atomic mass is 10.1. The summed E-state index contributed by atoms with van der Waals surface area (Å²) < 4.78 is 3.53. The molecule has 0 saturated carbocycles. The maximum atomic E-state index is 6.39. The Morgan fingerprint density at radius 1 is 0.652 bits per heavy atom. The average Bonchev–Trinajstić information content (AvgIpc) is 3.70. The van der Waals surface area contributed by atoms with Crippen LogP contribution in [0.5, 0.6) is 0 Å². The summed E-state index contributed by atoms with van der Waals surface area (Å²) in [6.07, 6.45) is 0. The van der Waals surface area contributed by atoms with E-state index in [0.29, 0.717) is 18.2 Å². The first-order chi connectivity index (χ1) is 22.7. The van der Waals surface area contributed by atoms with Crippen LogP contribution in [0.15, 0.2) is 162 Å². The lowest BCUT2D eigenvalue weighted by Gasteiger charge is -2.09. The van der Waals surface area contributed by atoms with Crippen LogP contribution in [0.3, 0.4) is 0 Å². The number of nitrogens with two attached hydrogens (primary N) is 1. The van der Waals surface area contributed by atoms with Crippen LogP contribution in [0.1, 0.15) is 16.7 Å². The number of thiazole rings is 1. The molecule has 0 fully saturated rings. The van der Waals surface area contributed by atoms with Crippen molar-refractivity contribution >= 4 is 55.0 Å². The fourth-order valence-corrected chi connectivity index (χ4v) is 6.82. The van der Waals surface area contributed by atoms with Gasteiger partial charge < -0.3 is 10.3 Å². The molecule has 0 aliphatic heterocycles. The molecular weight excluding hydrogens is 583 g/mol. The molecule has 0 radical (unpaired) electrons. The standard InChI is InChI=1S/C40H29N5S/c41-38(28-11-3-1-4-12-28)44-39(29-13-5-2-6-14-29)42-26-27-19-22-31(23-20-27)45-35-17-9-7-15-32(35)33-25-30(21-24-36(33)45)40-43-34-16-8-10-18-37(34)46-40/h1-25H,26H2,(H2,41,42,44). The molecule has 0 amide bonds. The lowest BCUT2D eigenvalue weighted by Crippen LogP contribution is -2.16. The van der Waals surface area contributed by atoms with Gasteiger partial charge in [-0.3, -0.25) is 4.99 Å². The highest BCUT2D eigenvalue weighted by Gasteiger charge is 2.15. The van der Waals surface area contributed by atoms with Crippen molar-refractivity contribution in [3.63, 3.8) is 0 Å². The Labute approximate surface area is 270 Å². The van der Waals surface area contributed by atoms with Gasteiger partial charge in [0.15, 0.2) is 5.84 Å². The smallest absolute Gasteiger partial charge is 0.157 e. The normalized spacial score (nSPS) is 12.3. The topological polar surface area (TPSA) is 68.6 Å². The molecule has 8 rings (SSSR count). The van der Waals surface area contributed by atoms with Gasteiger partial charge in [0.1, 0.15) is 10.8 Å². The van der Waals surface area contributed by atoms with Gasteiger partial charge in [-0.15, -0.1) is 11.3 Å². The molecule has 0 atom stereocenters. The van der Waals surface area contributed by atoms with Crippen molar-refractivity contribution in [3.05, 3.63) is 168 Å². The van der Waals surface area contributed by atoms with Crippen molar-refractivity contribution in [2.75, 3.05) is 0 Å². The molecule has 2 heterocycles. The Balaban J connectivity index is 1.14. The molecule has 0 unspecified atom stereocenters. The van der Waals surface area contributed by atoms with E-state index >= 15 is 0 Å². The van der Waals surface area contributed by atoms with E-state index in [0.717, 1.165) is 44.0 Å². The highest BCUT2D eigenvalue weighted by Crippen LogP contribution is 2.37. The first-order valence-corrected chi connectivity index (χ1v) is 16.0. The maximum absolute atomic E-state index is 6.39. The Morgan fingerprint density at radius 2 is 1.33 bits per heavy atom. The monoisotopic (exact) mass is 611 g/mol. The van der Waals surface area contributed by atoms with Gasteiger partial charge in [0.25, 0.3) is 0 Å². The highest BCUT2D eigenvalue weighted by atomic mass is 32.1. The highest BCUT2D eigenvalue weighted by molar-refractivity contribution is 7.21. The number of hydrogen-bond acceptors (Lipinski definition) is 3. The van der Waals surface area contributed by atoms with Crippen LogP contribution in [0, 0.1) is 0 Å². The molecule has 46 heavy (non-hydrogen) atoms. The van der Waals surface area contributed by atoms with Gasteiger partial charge >= 0.3 is 0 Å². The molecule has 2 N–H and O–H groups in total. The first kappa shape index (κ1) is 27.7. The van der Waals surface area contributed by atoms with Crippen LogP contribution in [-0.2, 0) is 6.54 Å². The van der Waals surface area contributed by atoms with Crippen LogP contribution in [0.4, 0.5) is 0 Å². The molecule has 8 aromatic rings. The molecule has 2 aromatic heterocycles. The number of amidine groups is 2. The summed E-state index contributed by atoms with van der Waals surface area (Å²) in [7, 11) is 0. The third-order valence-corrected chi connectivity index (χ3v) is 9.23. The van der Waals surface area contributed by atoms with Gasteiger partial charge in [-0.05, 0) is 54.1 Å². The van der Waals surface area contributed by atoms with Crippen molar-refractivity contribution < 1.29 is 0 Å². The van der Waals surface area contributed by atoms with Gasteiger partial charge in [0.05, 0.1) is 27.8 Å². The molecule has 0 aliphatic carbocycles. The summed E-state index contributed by atoms with van der Waals surface area (Å²) in [5.74, 6) is 1.05. The van der Waals surface area contributed by atoms with Crippen molar-refractivity contribution in [2.45, 2.75) is 6.54 Å². The van der Waals surface area contributed by atoms with Gasteiger partial charge in [-0.25, -0.2) is 9.98 Å². The molecule has 0 saturated heterocycles. The van der Waals surface area contributed by atoms with Crippen molar-refractivity contribution in [1.29, 1.82) is 0 Å². The number of aliphatic imine (C=N–C) groups is 2. The quantitative estimate of drug-likeness (QED) is 0.150. The summed E-state index contributed by atoms with van der Waals surface area (Å²) in [6.45, 7) is 0.481. The van der Waals surface area contributed by atoms with Gasteiger partial charge in [0.2, 0.25) is 0 Å². The average molecular weight is 612 g/mol. The SMILES string of the molecule is NC(=NC(=NCc1ccc(-n2c3ccccc3c3cc(-c4nc5ccccc5s4)ccc32)cc1)c1ccccc1)c1ccccc1. The molecular formula is C40H29N5S. The molecule has 0 spiro atoms. The van der Waals surface area contributed by atoms with E-state index in [1.807, 2.05) is 66.7 Å². The maximum Gasteiger partial charge on any atom is 0.157 e. The van der Waals surface area contributed by atoms with Crippen molar-refractivity contribution in [2.24, 2.45) is 15.7 Å². The summed E-state index contributed by atoms with van der Waals surface area (Å²) in [4.78, 5) is 14.6. The number of hydrogen-bond donors (Lipinski definition) is 1. The van der Waals surface area contributed by atoms with Gasteiger partial charge in [-0.2, -0.15) is 0 Å². The molecule has 0 bridgehead atoms. The third-order valence-electron chi connectivity index (χ3n) is 8.15. The molecule has 220 valence electrons. The lowest BCUT2D eigenvalue weighted by molar-refractivity contribution is 1.05. The number of nitrogens with zero attached hydrogens (tertiary/aromatic N) is 4. The predicted octanol–water partition coefficient (Wildman–Crippen LogP) is 9.41. The van der Waals surface area contributed by atoms with Gasteiger partial charge in [-0.1, -0.05) is 103 Å². The Bertz CT molecular complexity index is 2350. The minimum Gasteiger partial charge on any atom is -0.383 e. The largest absolute Gasteiger partial charge is 0.383 e. The van der Waals surface area contributed by atoms with Crippen LogP contribution < -0.4 is 5.73 Å². The van der Waals surface area contributed by atoms with Crippen LogP contribution in [0.2, 0.25) is 0 Å². The van der Waals surface area contributed by atoms with E-state index in [9.17, 15) is 0 Å². The number of fused-ring (bicyclic) bond motifs is 4.